The molecule has 4 aromatic carbocycles. The summed E-state index contributed by atoms with van der Waals surface area (Å²) in [6.07, 6.45) is 1.45. The number of phenols is 1. The fourth-order valence-electron chi connectivity index (χ4n) is 3.84. The zero-order chi connectivity index (χ0) is 24.2. The Labute approximate surface area is 201 Å². The molecule has 7 heteroatoms. The van der Waals surface area contributed by atoms with Crippen LogP contribution in [-0.4, -0.2) is 34.1 Å². The van der Waals surface area contributed by atoms with E-state index in [-0.39, 0.29) is 5.75 Å². The highest BCUT2D eigenvalue weighted by Crippen LogP contribution is 2.26. The molecule has 0 radical (unpaired) electrons. The van der Waals surface area contributed by atoms with Gasteiger partial charge in [-0.15, -0.1) is 0 Å². The van der Waals surface area contributed by atoms with Gasteiger partial charge in [0.2, 0.25) is 0 Å². The van der Waals surface area contributed by atoms with Crippen LogP contribution in [0, 0.1) is 0 Å². The van der Waals surface area contributed by atoms with Gasteiger partial charge in [-0.2, -0.15) is 10.2 Å². The highest BCUT2D eigenvalue weighted by Gasteiger charge is 2.17. The second kappa shape index (κ2) is 9.52. The van der Waals surface area contributed by atoms with Crippen molar-refractivity contribution in [2.24, 2.45) is 5.10 Å². The number of carbonyl (C=O) groups excluding carboxylic acids is 1. The van der Waals surface area contributed by atoms with Crippen molar-refractivity contribution in [2.45, 2.75) is 0 Å². The van der Waals surface area contributed by atoms with E-state index in [1.165, 1.54) is 6.21 Å². The molecule has 7 nitrogen and oxygen atoms in total. The zero-order valence-electron chi connectivity index (χ0n) is 18.9. The van der Waals surface area contributed by atoms with Gasteiger partial charge in [0.1, 0.15) is 17.2 Å². The van der Waals surface area contributed by atoms with Gasteiger partial charge in [0.25, 0.3) is 5.91 Å². The maximum absolute atomic E-state index is 13.2. The van der Waals surface area contributed by atoms with Gasteiger partial charge in [0, 0.05) is 11.1 Å². The lowest BCUT2D eigenvalue weighted by Gasteiger charge is -2.07. The van der Waals surface area contributed by atoms with Gasteiger partial charge in [-0.3, -0.25) is 4.79 Å². The predicted molar refractivity (Wildman–Crippen MR) is 136 cm³/mol. The summed E-state index contributed by atoms with van der Waals surface area (Å²) < 4.78 is 6.82. The third-order valence-electron chi connectivity index (χ3n) is 5.64. The van der Waals surface area contributed by atoms with E-state index >= 15 is 0 Å². The first-order chi connectivity index (χ1) is 17.1. The Bertz CT molecular complexity index is 1520. The molecule has 0 saturated carbocycles. The molecule has 0 aliphatic rings. The van der Waals surface area contributed by atoms with Crippen LogP contribution < -0.4 is 10.2 Å². The fraction of sp³-hybridized carbons (Fsp3) is 0.0357. The Kier molecular flexibility index (Phi) is 5.96. The van der Waals surface area contributed by atoms with Gasteiger partial charge in [0.05, 0.1) is 24.7 Å². The molecule has 0 atom stereocenters. The number of rotatable bonds is 6. The molecule has 1 aromatic heterocycles. The Morgan fingerprint density at radius 2 is 1.71 bits per heavy atom. The van der Waals surface area contributed by atoms with E-state index in [4.69, 9.17) is 4.74 Å². The Morgan fingerprint density at radius 3 is 2.49 bits per heavy atom. The summed E-state index contributed by atoms with van der Waals surface area (Å²) in [5.74, 6) is 0.384. The molecule has 35 heavy (non-hydrogen) atoms. The second-order valence-corrected chi connectivity index (χ2v) is 7.81. The topological polar surface area (TPSA) is 88.7 Å². The van der Waals surface area contributed by atoms with Crippen molar-refractivity contribution in [1.82, 2.24) is 15.2 Å². The van der Waals surface area contributed by atoms with Crippen LogP contribution in [0.15, 0.2) is 102 Å². The van der Waals surface area contributed by atoms with E-state index in [0.717, 1.165) is 27.8 Å². The summed E-state index contributed by atoms with van der Waals surface area (Å²) in [4.78, 5) is 13.2. The molecule has 0 fully saturated rings. The Balaban J connectivity index is 1.47. The lowest BCUT2D eigenvalue weighted by Crippen LogP contribution is -2.21. The molecular weight excluding hydrogens is 440 g/mol. The number of phenolic OH excluding ortho intramolecular Hbond substituents is 1. The molecule has 0 aliphatic carbocycles. The van der Waals surface area contributed by atoms with Crippen molar-refractivity contribution in [2.75, 3.05) is 7.11 Å². The molecule has 0 spiro atoms. The summed E-state index contributed by atoms with van der Waals surface area (Å²) >= 11 is 0. The van der Waals surface area contributed by atoms with Crippen LogP contribution in [0.3, 0.4) is 0 Å². The van der Waals surface area contributed by atoms with E-state index in [2.05, 4.69) is 15.6 Å². The van der Waals surface area contributed by atoms with Crippen LogP contribution >= 0.6 is 0 Å². The van der Waals surface area contributed by atoms with Gasteiger partial charge < -0.3 is 9.84 Å². The van der Waals surface area contributed by atoms with Crippen LogP contribution in [0.1, 0.15) is 16.1 Å². The lowest BCUT2D eigenvalue weighted by atomic mass is 10.0. The highest BCUT2D eigenvalue weighted by molar-refractivity contribution is 6.03. The minimum atomic E-state index is -0.433. The minimum absolute atomic E-state index is 0.0813. The third kappa shape index (κ3) is 4.47. The molecule has 0 unspecified atom stereocenters. The van der Waals surface area contributed by atoms with Crippen molar-refractivity contribution in [1.29, 1.82) is 0 Å². The summed E-state index contributed by atoms with van der Waals surface area (Å²) in [5, 5.41) is 20.9. The van der Waals surface area contributed by atoms with Crippen molar-refractivity contribution in [3.8, 4) is 28.4 Å². The standard InChI is InChI=1S/C28H22N4O3/c1-35-22-14-11-20(12-15-22)25-17-26(32(31-25)21-8-3-2-4-9-21)28(34)30-29-18-24-23-10-6-5-7-19(23)13-16-27(24)33/h2-18,33H,1H3,(H,30,34)/b29-18-. The average molecular weight is 463 g/mol. The summed E-state index contributed by atoms with van der Waals surface area (Å²) in [6, 6.07) is 29.7. The minimum Gasteiger partial charge on any atom is -0.507 e. The number of aromatic nitrogens is 2. The quantitative estimate of drug-likeness (QED) is 0.269. The van der Waals surface area contributed by atoms with Crippen LogP contribution in [0.2, 0.25) is 0 Å². The number of hydrogen-bond donors (Lipinski definition) is 2. The number of para-hydroxylation sites is 1. The van der Waals surface area contributed by atoms with Crippen molar-refractivity contribution in [3.63, 3.8) is 0 Å². The van der Waals surface area contributed by atoms with Crippen LogP contribution in [0.25, 0.3) is 27.7 Å². The van der Waals surface area contributed by atoms with E-state index in [0.29, 0.717) is 17.0 Å². The molecule has 0 aliphatic heterocycles. The van der Waals surface area contributed by atoms with Crippen molar-refractivity contribution in [3.05, 3.63) is 108 Å². The van der Waals surface area contributed by atoms with Gasteiger partial charge in [-0.1, -0.05) is 48.5 Å². The molecule has 1 amide bonds. The fourth-order valence-corrected chi connectivity index (χ4v) is 3.84. The number of hydrogen-bond acceptors (Lipinski definition) is 5. The predicted octanol–water partition coefficient (Wildman–Crippen LogP) is 5.17. The van der Waals surface area contributed by atoms with E-state index in [1.54, 1.807) is 23.9 Å². The normalized spacial score (nSPS) is 11.1. The van der Waals surface area contributed by atoms with Gasteiger partial charge in [0.15, 0.2) is 0 Å². The highest BCUT2D eigenvalue weighted by atomic mass is 16.5. The number of nitrogens with one attached hydrogen (secondary N) is 1. The number of methoxy groups -OCH3 is 1. The number of carbonyl (C=O) groups is 1. The van der Waals surface area contributed by atoms with Gasteiger partial charge in [-0.25, -0.2) is 10.1 Å². The molecule has 0 saturated heterocycles. The maximum atomic E-state index is 13.2. The first-order valence-corrected chi connectivity index (χ1v) is 11.0. The number of hydrazone groups is 1. The summed E-state index contributed by atoms with van der Waals surface area (Å²) in [5.41, 5.74) is 5.64. The van der Waals surface area contributed by atoms with Crippen LogP contribution in [0.5, 0.6) is 11.5 Å². The molecule has 0 bridgehead atoms. The zero-order valence-corrected chi connectivity index (χ0v) is 18.9. The van der Waals surface area contributed by atoms with Crippen LogP contribution in [0.4, 0.5) is 0 Å². The molecule has 1 heterocycles. The first kappa shape index (κ1) is 21.9. The molecule has 172 valence electrons. The molecular formula is C28H22N4O3. The smallest absolute Gasteiger partial charge is 0.290 e. The van der Waals surface area contributed by atoms with E-state index in [1.807, 2.05) is 84.9 Å². The second-order valence-electron chi connectivity index (χ2n) is 7.81. The molecule has 5 aromatic rings. The number of benzene rings is 4. The summed E-state index contributed by atoms with van der Waals surface area (Å²) in [7, 11) is 1.61. The number of aromatic hydroxyl groups is 1. The van der Waals surface area contributed by atoms with Gasteiger partial charge >= 0.3 is 0 Å². The summed E-state index contributed by atoms with van der Waals surface area (Å²) in [6.45, 7) is 0. The maximum Gasteiger partial charge on any atom is 0.290 e. The number of fused-ring (bicyclic) bond motifs is 1. The van der Waals surface area contributed by atoms with Crippen molar-refractivity contribution < 1.29 is 14.6 Å². The molecule has 5 rings (SSSR count). The Hall–Kier alpha value is -4.91. The molecule has 2 N–H and O–H groups in total. The lowest BCUT2D eigenvalue weighted by molar-refractivity contribution is 0.0947. The van der Waals surface area contributed by atoms with Gasteiger partial charge in [-0.05, 0) is 59.3 Å². The average Bonchev–Trinajstić information content (AvgIpc) is 3.36. The SMILES string of the molecule is COc1ccc(-c2cc(C(=O)N/N=C\c3c(O)ccc4ccccc34)n(-c3ccccc3)n2)cc1. The largest absolute Gasteiger partial charge is 0.507 e. The monoisotopic (exact) mass is 462 g/mol. The van der Waals surface area contributed by atoms with Crippen LogP contribution in [-0.2, 0) is 0 Å². The number of amides is 1. The first-order valence-electron chi connectivity index (χ1n) is 11.0. The number of nitrogens with zero attached hydrogens (tertiary/aromatic N) is 3. The van der Waals surface area contributed by atoms with Crippen molar-refractivity contribution >= 4 is 22.9 Å². The third-order valence-corrected chi connectivity index (χ3v) is 5.64. The van der Waals surface area contributed by atoms with E-state index < -0.39 is 5.91 Å². The number of ether oxygens (including phenoxy) is 1. The van der Waals surface area contributed by atoms with E-state index in [9.17, 15) is 9.90 Å². The Morgan fingerprint density at radius 1 is 0.971 bits per heavy atom.